The van der Waals surface area contributed by atoms with Gasteiger partial charge in [-0.2, -0.15) is 0 Å². The van der Waals surface area contributed by atoms with Crippen LogP contribution in [0, 0.1) is 0 Å². The van der Waals surface area contributed by atoms with Crippen LogP contribution in [0.5, 0.6) is 5.75 Å². The number of fused-ring (bicyclic) bond motifs is 1. The van der Waals surface area contributed by atoms with Gasteiger partial charge in [0.25, 0.3) is 0 Å². The number of aliphatic hydroxyl groups is 2. The Hall–Kier alpha value is -2.76. The smallest absolute Gasteiger partial charge is 0.193 e. The minimum atomic E-state index is -0.287. The monoisotopic (exact) mass is 323 g/mol. The normalized spacial score (nSPS) is 10.8. The van der Waals surface area contributed by atoms with E-state index in [1.54, 1.807) is 36.5 Å². The molecule has 2 aromatic carbocycles. The van der Waals surface area contributed by atoms with Crippen LogP contribution in [0.15, 0.2) is 48.7 Å². The number of ketones is 1. The second kappa shape index (κ2) is 6.78. The van der Waals surface area contributed by atoms with Gasteiger partial charge in [0.1, 0.15) is 5.75 Å². The lowest BCUT2D eigenvalue weighted by Gasteiger charge is -2.13. The Balaban J connectivity index is 2.16. The lowest BCUT2D eigenvalue weighted by Crippen LogP contribution is -2.07. The van der Waals surface area contributed by atoms with Crippen LogP contribution in [-0.4, -0.2) is 28.1 Å². The third kappa shape index (κ3) is 2.75. The molecular formula is C19H17NO4. The lowest BCUT2D eigenvalue weighted by molar-refractivity contribution is 0.103. The summed E-state index contributed by atoms with van der Waals surface area (Å²) in [6, 6.07) is 12.2. The molecule has 0 amide bonds. The summed E-state index contributed by atoms with van der Waals surface area (Å²) in [4.78, 5) is 17.2. The van der Waals surface area contributed by atoms with Crippen molar-refractivity contribution in [2.45, 2.75) is 13.2 Å². The van der Waals surface area contributed by atoms with Crippen LogP contribution in [0.25, 0.3) is 10.9 Å². The van der Waals surface area contributed by atoms with Crippen molar-refractivity contribution in [2.24, 2.45) is 0 Å². The van der Waals surface area contributed by atoms with E-state index in [1.807, 2.05) is 12.1 Å². The summed E-state index contributed by atoms with van der Waals surface area (Å²) in [5.74, 6) is 0.192. The predicted molar refractivity (Wildman–Crippen MR) is 90.0 cm³/mol. The molecule has 5 nitrogen and oxygen atoms in total. The number of rotatable bonds is 5. The lowest BCUT2D eigenvalue weighted by atomic mass is 9.95. The van der Waals surface area contributed by atoms with E-state index in [-0.39, 0.29) is 19.0 Å². The summed E-state index contributed by atoms with van der Waals surface area (Å²) in [6.07, 6.45) is 1.68. The highest BCUT2D eigenvalue weighted by Crippen LogP contribution is 2.28. The fourth-order valence-corrected chi connectivity index (χ4v) is 2.79. The zero-order valence-electron chi connectivity index (χ0n) is 13.2. The molecule has 2 N–H and O–H groups in total. The first-order valence-corrected chi connectivity index (χ1v) is 7.49. The predicted octanol–water partition coefficient (Wildman–Crippen LogP) is 2.46. The van der Waals surface area contributed by atoms with E-state index in [4.69, 9.17) is 4.74 Å². The number of benzene rings is 2. The minimum Gasteiger partial charge on any atom is -0.496 e. The van der Waals surface area contributed by atoms with Gasteiger partial charge >= 0.3 is 0 Å². The van der Waals surface area contributed by atoms with Gasteiger partial charge in [-0.3, -0.25) is 9.78 Å². The molecule has 3 aromatic rings. The number of methoxy groups -OCH3 is 1. The average molecular weight is 323 g/mol. The quantitative estimate of drug-likeness (QED) is 0.705. The van der Waals surface area contributed by atoms with Crippen LogP contribution in [0.3, 0.4) is 0 Å². The Labute approximate surface area is 139 Å². The average Bonchev–Trinajstić information content (AvgIpc) is 2.65. The first-order chi connectivity index (χ1) is 11.7. The van der Waals surface area contributed by atoms with Crippen molar-refractivity contribution >= 4 is 16.7 Å². The molecule has 0 aliphatic carbocycles. The molecular weight excluding hydrogens is 306 g/mol. The molecule has 1 aromatic heterocycles. The van der Waals surface area contributed by atoms with Crippen molar-refractivity contribution in [1.82, 2.24) is 4.98 Å². The third-order valence-corrected chi connectivity index (χ3v) is 4.00. The molecule has 3 rings (SSSR count). The summed E-state index contributed by atoms with van der Waals surface area (Å²) in [7, 11) is 1.46. The molecule has 24 heavy (non-hydrogen) atoms. The first kappa shape index (κ1) is 16.1. The number of hydrogen-bond acceptors (Lipinski definition) is 5. The molecule has 0 aliphatic heterocycles. The van der Waals surface area contributed by atoms with Crippen molar-refractivity contribution in [1.29, 1.82) is 0 Å². The van der Waals surface area contributed by atoms with Gasteiger partial charge in [0.2, 0.25) is 0 Å². The SMILES string of the molecule is COc1cc(C(=O)c2cccc3ncccc23)cc(CO)c1CO. The Morgan fingerprint density at radius 1 is 1.12 bits per heavy atom. The number of pyridine rings is 1. The molecule has 0 aliphatic rings. The summed E-state index contributed by atoms with van der Waals surface area (Å²) < 4.78 is 5.26. The van der Waals surface area contributed by atoms with Crippen LogP contribution >= 0.6 is 0 Å². The number of aliphatic hydroxyl groups excluding tert-OH is 2. The van der Waals surface area contributed by atoms with E-state index >= 15 is 0 Å². The van der Waals surface area contributed by atoms with Gasteiger partial charge < -0.3 is 14.9 Å². The molecule has 122 valence electrons. The Bertz CT molecular complexity index is 875. The molecule has 0 saturated carbocycles. The molecule has 0 spiro atoms. The van der Waals surface area contributed by atoms with Crippen LogP contribution in [-0.2, 0) is 13.2 Å². The van der Waals surface area contributed by atoms with Crippen LogP contribution in [0.2, 0.25) is 0 Å². The van der Waals surface area contributed by atoms with Crippen molar-refractivity contribution in [3.05, 3.63) is 70.9 Å². The molecule has 0 unspecified atom stereocenters. The Kier molecular flexibility index (Phi) is 4.55. The summed E-state index contributed by atoms with van der Waals surface area (Å²) in [5.41, 5.74) is 2.62. The highest BCUT2D eigenvalue weighted by atomic mass is 16.5. The van der Waals surface area contributed by atoms with Crippen LogP contribution in [0.4, 0.5) is 0 Å². The first-order valence-electron chi connectivity index (χ1n) is 7.49. The van der Waals surface area contributed by atoms with E-state index in [0.717, 1.165) is 10.9 Å². The number of carbonyl (C=O) groups excluding carboxylic acids is 1. The van der Waals surface area contributed by atoms with Gasteiger partial charge in [0.05, 0.1) is 25.8 Å². The van der Waals surface area contributed by atoms with Gasteiger partial charge in [0, 0.05) is 28.3 Å². The number of carbonyl (C=O) groups is 1. The molecule has 0 fully saturated rings. The number of nitrogens with zero attached hydrogens (tertiary/aromatic N) is 1. The molecule has 1 heterocycles. The molecule has 0 atom stereocenters. The number of ether oxygens (including phenoxy) is 1. The molecule has 0 bridgehead atoms. The maximum absolute atomic E-state index is 13.0. The van der Waals surface area contributed by atoms with Gasteiger partial charge in [-0.05, 0) is 29.8 Å². The van der Waals surface area contributed by atoms with Crippen molar-refractivity contribution in [2.75, 3.05) is 7.11 Å². The van der Waals surface area contributed by atoms with Gasteiger partial charge in [-0.1, -0.05) is 18.2 Å². The topological polar surface area (TPSA) is 79.7 Å². The van der Waals surface area contributed by atoms with Gasteiger partial charge in [0.15, 0.2) is 5.78 Å². The minimum absolute atomic E-state index is 0.189. The second-order valence-corrected chi connectivity index (χ2v) is 5.34. The van der Waals surface area contributed by atoms with Crippen molar-refractivity contribution < 1.29 is 19.7 Å². The van der Waals surface area contributed by atoms with Crippen LogP contribution in [0.1, 0.15) is 27.0 Å². The summed E-state index contributed by atoms with van der Waals surface area (Å²) in [6.45, 7) is -0.559. The fourth-order valence-electron chi connectivity index (χ4n) is 2.79. The van der Waals surface area contributed by atoms with E-state index < -0.39 is 0 Å². The molecule has 0 saturated heterocycles. The summed E-state index contributed by atoms with van der Waals surface area (Å²) in [5, 5.41) is 19.8. The maximum atomic E-state index is 13.0. The van der Waals surface area contributed by atoms with E-state index in [1.165, 1.54) is 7.11 Å². The van der Waals surface area contributed by atoms with E-state index in [9.17, 15) is 15.0 Å². The maximum Gasteiger partial charge on any atom is 0.193 e. The Morgan fingerprint density at radius 3 is 2.67 bits per heavy atom. The highest BCUT2D eigenvalue weighted by molar-refractivity contribution is 6.16. The number of hydrogen-bond donors (Lipinski definition) is 2. The van der Waals surface area contributed by atoms with E-state index in [0.29, 0.717) is 28.0 Å². The van der Waals surface area contributed by atoms with Crippen molar-refractivity contribution in [3.63, 3.8) is 0 Å². The summed E-state index contributed by atoms with van der Waals surface area (Å²) >= 11 is 0. The highest BCUT2D eigenvalue weighted by Gasteiger charge is 2.17. The zero-order valence-corrected chi connectivity index (χ0v) is 13.2. The molecule has 0 radical (unpaired) electrons. The van der Waals surface area contributed by atoms with Crippen molar-refractivity contribution in [3.8, 4) is 5.75 Å². The largest absolute Gasteiger partial charge is 0.496 e. The number of aromatic nitrogens is 1. The standard InChI is InChI=1S/C19H17NO4/c1-24-18-9-12(8-13(10-21)16(18)11-22)19(23)15-4-2-6-17-14(15)5-3-7-20-17/h2-9,21-22H,10-11H2,1H3. The van der Waals surface area contributed by atoms with Crippen LogP contribution < -0.4 is 4.74 Å². The van der Waals surface area contributed by atoms with Gasteiger partial charge in [-0.15, -0.1) is 0 Å². The molecule has 5 heteroatoms. The Morgan fingerprint density at radius 2 is 1.96 bits per heavy atom. The van der Waals surface area contributed by atoms with E-state index in [2.05, 4.69) is 4.98 Å². The van der Waals surface area contributed by atoms with Gasteiger partial charge in [-0.25, -0.2) is 0 Å². The third-order valence-electron chi connectivity index (χ3n) is 4.00. The fraction of sp³-hybridized carbons (Fsp3) is 0.158. The second-order valence-electron chi connectivity index (χ2n) is 5.34. The zero-order chi connectivity index (χ0) is 17.1.